The first-order valence-corrected chi connectivity index (χ1v) is 4.79. The van der Waals surface area contributed by atoms with Crippen molar-refractivity contribution >= 4 is 29.2 Å². The lowest BCUT2D eigenvalue weighted by Crippen LogP contribution is -2.35. The van der Waals surface area contributed by atoms with E-state index in [2.05, 4.69) is 0 Å². The number of halogens is 4. The van der Waals surface area contributed by atoms with Crippen LogP contribution in [0.4, 0.5) is 23.7 Å². The molecule has 0 saturated heterocycles. The fourth-order valence-corrected chi connectivity index (χ4v) is 1.03. The van der Waals surface area contributed by atoms with E-state index in [1.165, 1.54) is 0 Å². The molecule has 0 atom stereocenters. The second-order valence-electron chi connectivity index (χ2n) is 2.89. The van der Waals surface area contributed by atoms with Crippen LogP contribution in [-0.4, -0.2) is 17.8 Å². The summed E-state index contributed by atoms with van der Waals surface area (Å²) in [6.45, 7) is 0. The van der Waals surface area contributed by atoms with Crippen molar-refractivity contribution in [3.8, 4) is 0 Å². The van der Waals surface area contributed by atoms with E-state index in [9.17, 15) is 22.8 Å². The summed E-state index contributed by atoms with van der Waals surface area (Å²) in [4.78, 5) is 21.7. The van der Waals surface area contributed by atoms with Crippen molar-refractivity contribution in [2.24, 2.45) is 0 Å². The molecule has 0 spiro atoms. The Morgan fingerprint density at radius 3 is 2.47 bits per heavy atom. The molecular formula is C9H6ClF3N2O2. The van der Waals surface area contributed by atoms with Gasteiger partial charge in [-0.25, -0.2) is 18.0 Å². The second kappa shape index (κ2) is 5.53. The average molecular weight is 267 g/mol. The van der Waals surface area contributed by atoms with Gasteiger partial charge in [-0.15, -0.1) is 11.6 Å². The van der Waals surface area contributed by atoms with Gasteiger partial charge in [0.25, 0.3) is 0 Å². The number of amides is 3. The Kier molecular flexibility index (Phi) is 4.33. The Morgan fingerprint density at radius 2 is 1.88 bits per heavy atom. The van der Waals surface area contributed by atoms with Crippen LogP contribution in [-0.2, 0) is 4.79 Å². The van der Waals surface area contributed by atoms with E-state index in [0.717, 1.165) is 0 Å². The number of nitrogens with one attached hydrogen (secondary N) is 2. The maximum atomic E-state index is 13.1. The van der Waals surface area contributed by atoms with E-state index >= 15 is 0 Å². The lowest BCUT2D eigenvalue weighted by Gasteiger charge is -2.07. The molecule has 0 aliphatic rings. The van der Waals surface area contributed by atoms with E-state index in [-0.39, 0.29) is 0 Å². The quantitative estimate of drug-likeness (QED) is 0.635. The van der Waals surface area contributed by atoms with E-state index in [0.29, 0.717) is 12.1 Å². The molecule has 1 rings (SSSR count). The topological polar surface area (TPSA) is 58.2 Å². The fraction of sp³-hybridized carbons (Fsp3) is 0.111. The Labute approximate surface area is 98.7 Å². The predicted molar refractivity (Wildman–Crippen MR) is 54.2 cm³/mol. The first-order valence-electron chi connectivity index (χ1n) is 4.25. The number of imide groups is 1. The number of carbonyl (C=O) groups is 2. The molecule has 2 N–H and O–H groups in total. The van der Waals surface area contributed by atoms with Gasteiger partial charge in [0, 0.05) is 12.1 Å². The smallest absolute Gasteiger partial charge is 0.305 e. The Bertz CT molecular complexity index is 468. The number of urea groups is 1. The molecule has 8 heteroatoms. The molecule has 0 aliphatic heterocycles. The highest BCUT2D eigenvalue weighted by molar-refractivity contribution is 6.28. The summed E-state index contributed by atoms with van der Waals surface area (Å²) in [5, 5.41) is 3.48. The van der Waals surface area contributed by atoms with Crippen molar-refractivity contribution in [1.82, 2.24) is 5.32 Å². The molecule has 0 aromatic heterocycles. The first-order chi connectivity index (χ1) is 7.93. The van der Waals surface area contributed by atoms with E-state index in [1.54, 1.807) is 10.6 Å². The van der Waals surface area contributed by atoms with E-state index in [1.807, 2.05) is 0 Å². The van der Waals surface area contributed by atoms with Gasteiger partial charge in [0.1, 0.15) is 11.7 Å². The normalized spacial score (nSPS) is 9.88. The number of carbonyl (C=O) groups excluding carboxylic acids is 2. The minimum atomic E-state index is -1.45. The maximum Gasteiger partial charge on any atom is 0.325 e. The third kappa shape index (κ3) is 3.63. The van der Waals surface area contributed by atoms with Crippen LogP contribution < -0.4 is 10.6 Å². The summed E-state index contributed by atoms with van der Waals surface area (Å²) in [7, 11) is 0. The molecule has 0 heterocycles. The number of anilines is 1. The lowest BCUT2D eigenvalue weighted by molar-refractivity contribution is -0.117. The molecule has 0 radical (unpaired) electrons. The monoisotopic (exact) mass is 266 g/mol. The van der Waals surface area contributed by atoms with Crippen molar-refractivity contribution in [3.05, 3.63) is 29.6 Å². The van der Waals surface area contributed by atoms with E-state index in [4.69, 9.17) is 11.6 Å². The molecule has 4 nitrogen and oxygen atoms in total. The average Bonchev–Trinajstić information content (AvgIpc) is 2.24. The highest BCUT2D eigenvalue weighted by Gasteiger charge is 2.14. The zero-order valence-electron chi connectivity index (χ0n) is 8.19. The molecule has 92 valence electrons. The molecule has 0 saturated carbocycles. The first kappa shape index (κ1) is 13.3. The van der Waals surface area contributed by atoms with Crippen molar-refractivity contribution in [2.45, 2.75) is 0 Å². The summed E-state index contributed by atoms with van der Waals surface area (Å²) in [5.74, 6) is -5.26. The summed E-state index contributed by atoms with van der Waals surface area (Å²) >= 11 is 5.09. The standard InChI is InChI=1S/C9H6ClF3N2O2/c10-3-7(16)15-9(17)14-6-2-4(11)1-5(12)8(6)13/h1-2H,3H2,(H2,14,15,16,17). The molecule has 0 bridgehead atoms. The molecule has 3 amide bonds. The number of hydrogen-bond acceptors (Lipinski definition) is 2. The lowest BCUT2D eigenvalue weighted by atomic mass is 10.3. The van der Waals surface area contributed by atoms with Crippen LogP contribution in [0.15, 0.2) is 12.1 Å². The number of benzene rings is 1. The molecule has 1 aromatic carbocycles. The number of alkyl halides is 1. The van der Waals surface area contributed by atoms with Crippen LogP contribution in [0.1, 0.15) is 0 Å². The van der Waals surface area contributed by atoms with Crippen molar-refractivity contribution in [2.75, 3.05) is 11.2 Å². The van der Waals surface area contributed by atoms with Crippen LogP contribution >= 0.6 is 11.6 Å². The molecule has 0 fully saturated rings. The summed E-state index contributed by atoms with van der Waals surface area (Å²) in [6.07, 6.45) is 0. The van der Waals surface area contributed by atoms with Crippen molar-refractivity contribution < 1.29 is 22.8 Å². The zero-order chi connectivity index (χ0) is 13.0. The Hall–Kier alpha value is -1.76. The van der Waals surface area contributed by atoms with Crippen LogP contribution in [0.2, 0.25) is 0 Å². The van der Waals surface area contributed by atoms with Gasteiger partial charge in [-0.2, -0.15) is 0 Å². The zero-order valence-corrected chi connectivity index (χ0v) is 8.95. The minimum Gasteiger partial charge on any atom is -0.305 e. The van der Waals surface area contributed by atoms with E-state index < -0.39 is 41.0 Å². The van der Waals surface area contributed by atoms with Crippen LogP contribution in [0.25, 0.3) is 0 Å². The van der Waals surface area contributed by atoms with Gasteiger partial charge in [0.2, 0.25) is 5.91 Å². The van der Waals surface area contributed by atoms with Gasteiger partial charge in [-0.3, -0.25) is 10.1 Å². The highest BCUT2D eigenvalue weighted by atomic mass is 35.5. The van der Waals surface area contributed by atoms with Gasteiger partial charge in [0.05, 0.1) is 5.69 Å². The SMILES string of the molecule is O=C(CCl)NC(=O)Nc1cc(F)cc(F)c1F. The summed E-state index contributed by atoms with van der Waals surface area (Å²) in [5.41, 5.74) is -0.720. The van der Waals surface area contributed by atoms with Crippen molar-refractivity contribution in [3.63, 3.8) is 0 Å². The van der Waals surface area contributed by atoms with Gasteiger partial charge >= 0.3 is 6.03 Å². The van der Waals surface area contributed by atoms with Gasteiger partial charge in [-0.05, 0) is 0 Å². The van der Waals surface area contributed by atoms with Crippen LogP contribution in [0.5, 0.6) is 0 Å². The van der Waals surface area contributed by atoms with Crippen LogP contribution in [0.3, 0.4) is 0 Å². The second-order valence-corrected chi connectivity index (χ2v) is 3.15. The summed E-state index contributed by atoms with van der Waals surface area (Å²) in [6, 6.07) is -0.245. The number of hydrogen-bond donors (Lipinski definition) is 2. The molecule has 0 aliphatic carbocycles. The Balaban J connectivity index is 2.81. The maximum absolute atomic E-state index is 13.1. The molecule has 17 heavy (non-hydrogen) atoms. The third-order valence-electron chi connectivity index (χ3n) is 1.62. The largest absolute Gasteiger partial charge is 0.325 e. The highest BCUT2D eigenvalue weighted by Crippen LogP contribution is 2.18. The van der Waals surface area contributed by atoms with Gasteiger partial charge in [0.15, 0.2) is 11.6 Å². The van der Waals surface area contributed by atoms with Crippen molar-refractivity contribution in [1.29, 1.82) is 0 Å². The molecule has 1 aromatic rings. The minimum absolute atomic E-state index is 0.322. The predicted octanol–water partition coefficient (Wildman–Crippen LogP) is 1.99. The van der Waals surface area contributed by atoms with Gasteiger partial charge in [-0.1, -0.05) is 0 Å². The van der Waals surface area contributed by atoms with Gasteiger partial charge < -0.3 is 5.32 Å². The van der Waals surface area contributed by atoms with Crippen LogP contribution in [0, 0.1) is 17.5 Å². The third-order valence-corrected chi connectivity index (χ3v) is 1.86. The Morgan fingerprint density at radius 1 is 1.24 bits per heavy atom. The molecule has 0 unspecified atom stereocenters. The summed E-state index contributed by atoms with van der Waals surface area (Å²) < 4.78 is 38.5. The molecular weight excluding hydrogens is 261 g/mol. The fourth-order valence-electron chi connectivity index (χ4n) is 0.961. The number of rotatable bonds is 2.